The molecule has 0 saturated heterocycles. The van der Waals surface area contributed by atoms with E-state index in [2.05, 4.69) is 10.0 Å². The molecule has 0 aliphatic carbocycles. The molecule has 0 fully saturated rings. The summed E-state index contributed by atoms with van der Waals surface area (Å²) >= 11 is 0. The number of hydrogen-bond acceptors (Lipinski definition) is 4. The molecule has 3 aromatic carbocycles. The molecule has 0 radical (unpaired) electrons. The Balaban J connectivity index is 1.69. The molecule has 0 aliphatic heterocycles. The lowest BCUT2D eigenvalue weighted by Gasteiger charge is -2.17. The highest BCUT2D eigenvalue weighted by atomic mass is 32.2. The van der Waals surface area contributed by atoms with Gasteiger partial charge in [0.25, 0.3) is 15.9 Å². The van der Waals surface area contributed by atoms with Gasteiger partial charge in [-0.1, -0.05) is 30.3 Å². The van der Waals surface area contributed by atoms with Crippen molar-refractivity contribution >= 4 is 33.2 Å². The lowest BCUT2D eigenvalue weighted by molar-refractivity contribution is -0.116. The van der Waals surface area contributed by atoms with Crippen LogP contribution in [-0.2, 0) is 14.8 Å². The number of nitrogens with zero attached hydrogens (tertiary/aromatic N) is 1. The number of sulfonamides is 1. The summed E-state index contributed by atoms with van der Waals surface area (Å²) in [6, 6.07) is 18.3. The topological polar surface area (TPSA) is 95.6 Å². The molecule has 0 spiro atoms. The first-order valence-electron chi connectivity index (χ1n) is 9.65. The van der Waals surface area contributed by atoms with E-state index < -0.39 is 21.7 Å². The summed E-state index contributed by atoms with van der Waals surface area (Å²) in [5.74, 6) is -1.46. The van der Waals surface area contributed by atoms with Crippen LogP contribution in [0.15, 0.2) is 77.7 Å². The van der Waals surface area contributed by atoms with E-state index in [0.29, 0.717) is 11.3 Å². The number of aryl methyl sites for hydroxylation is 1. The molecule has 32 heavy (non-hydrogen) atoms. The number of para-hydroxylation sites is 1. The molecule has 2 amide bonds. The van der Waals surface area contributed by atoms with Crippen LogP contribution in [0.2, 0.25) is 0 Å². The first kappa shape index (κ1) is 23.0. The smallest absolute Gasteiger partial charge is 0.261 e. The van der Waals surface area contributed by atoms with Crippen LogP contribution in [0.3, 0.4) is 0 Å². The van der Waals surface area contributed by atoms with Gasteiger partial charge in [0.15, 0.2) is 0 Å². The van der Waals surface area contributed by atoms with E-state index in [4.69, 9.17) is 0 Å². The third-order valence-corrected chi connectivity index (χ3v) is 5.98. The highest BCUT2D eigenvalue weighted by Gasteiger charge is 2.19. The molecule has 7 nitrogen and oxygen atoms in total. The maximum atomic E-state index is 13.8. The Morgan fingerprint density at radius 2 is 1.62 bits per heavy atom. The van der Waals surface area contributed by atoms with Crippen LogP contribution < -0.4 is 10.0 Å². The van der Waals surface area contributed by atoms with Crippen molar-refractivity contribution in [1.82, 2.24) is 4.90 Å². The first-order chi connectivity index (χ1) is 15.2. The van der Waals surface area contributed by atoms with Crippen LogP contribution in [0, 0.1) is 12.7 Å². The van der Waals surface area contributed by atoms with Gasteiger partial charge >= 0.3 is 0 Å². The van der Waals surface area contributed by atoms with E-state index >= 15 is 0 Å². The van der Waals surface area contributed by atoms with Crippen LogP contribution >= 0.6 is 0 Å². The molecule has 0 aliphatic rings. The zero-order chi connectivity index (χ0) is 23.3. The van der Waals surface area contributed by atoms with E-state index in [1.807, 2.05) is 6.07 Å². The third kappa shape index (κ3) is 5.70. The minimum absolute atomic E-state index is 0.138. The second-order valence-corrected chi connectivity index (χ2v) is 8.86. The van der Waals surface area contributed by atoms with E-state index in [1.54, 1.807) is 24.3 Å². The predicted octanol–water partition coefficient (Wildman–Crippen LogP) is 3.65. The molecule has 0 aromatic heterocycles. The fourth-order valence-electron chi connectivity index (χ4n) is 2.90. The lowest BCUT2D eigenvalue weighted by Crippen LogP contribution is -2.35. The molecular weight excluding hydrogens is 433 g/mol. The molecule has 0 bridgehead atoms. The third-order valence-electron chi connectivity index (χ3n) is 4.60. The Morgan fingerprint density at radius 1 is 0.938 bits per heavy atom. The number of carbonyl (C=O) groups excluding carboxylic acids is 2. The summed E-state index contributed by atoms with van der Waals surface area (Å²) in [7, 11) is -2.58. The fourth-order valence-corrected chi connectivity index (χ4v) is 3.96. The molecule has 2 N–H and O–H groups in total. The monoisotopic (exact) mass is 455 g/mol. The van der Waals surface area contributed by atoms with Gasteiger partial charge in [-0.2, -0.15) is 0 Å². The molecule has 0 atom stereocenters. The van der Waals surface area contributed by atoms with Gasteiger partial charge in [0.1, 0.15) is 5.82 Å². The van der Waals surface area contributed by atoms with Crippen molar-refractivity contribution in [2.45, 2.75) is 11.8 Å². The van der Waals surface area contributed by atoms with Crippen molar-refractivity contribution in [3.8, 4) is 0 Å². The zero-order valence-electron chi connectivity index (χ0n) is 17.5. The largest absolute Gasteiger partial charge is 0.332 e. The highest BCUT2D eigenvalue weighted by Crippen LogP contribution is 2.20. The quantitative estimate of drug-likeness (QED) is 0.569. The number of benzene rings is 3. The van der Waals surface area contributed by atoms with Crippen molar-refractivity contribution in [3.63, 3.8) is 0 Å². The number of halogens is 1. The number of carbonyl (C=O) groups is 2. The van der Waals surface area contributed by atoms with Gasteiger partial charge in [-0.05, 0) is 55.0 Å². The summed E-state index contributed by atoms with van der Waals surface area (Å²) in [6.07, 6.45) is 0. The van der Waals surface area contributed by atoms with Crippen molar-refractivity contribution in [2.24, 2.45) is 0 Å². The second-order valence-electron chi connectivity index (χ2n) is 7.17. The maximum Gasteiger partial charge on any atom is 0.261 e. The number of anilines is 2. The minimum Gasteiger partial charge on any atom is -0.332 e. The van der Waals surface area contributed by atoms with Gasteiger partial charge in [-0.3, -0.25) is 14.3 Å². The Hall–Kier alpha value is -3.72. The summed E-state index contributed by atoms with van der Waals surface area (Å²) < 4.78 is 41.3. The molecular formula is C23H22FN3O4S. The van der Waals surface area contributed by atoms with Crippen LogP contribution in [0.5, 0.6) is 0 Å². The molecule has 9 heteroatoms. The van der Waals surface area contributed by atoms with E-state index in [9.17, 15) is 22.4 Å². The number of nitrogens with one attached hydrogen (secondary N) is 2. The van der Waals surface area contributed by atoms with Crippen LogP contribution in [-0.4, -0.2) is 38.7 Å². The molecule has 0 unspecified atom stereocenters. The average Bonchev–Trinajstić information content (AvgIpc) is 2.75. The molecule has 3 aromatic rings. The fraction of sp³-hybridized carbons (Fsp3) is 0.130. The Bertz CT molecular complexity index is 1250. The summed E-state index contributed by atoms with van der Waals surface area (Å²) in [5.41, 5.74) is 1.27. The van der Waals surface area contributed by atoms with Crippen molar-refractivity contribution in [2.75, 3.05) is 23.6 Å². The highest BCUT2D eigenvalue weighted by molar-refractivity contribution is 7.92. The van der Waals surface area contributed by atoms with E-state index in [1.165, 1.54) is 55.3 Å². The normalized spacial score (nSPS) is 11.0. The van der Waals surface area contributed by atoms with Crippen LogP contribution in [0.1, 0.15) is 15.9 Å². The summed E-state index contributed by atoms with van der Waals surface area (Å²) in [6.45, 7) is 1.34. The van der Waals surface area contributed by atoms with E-state index in [0.717, 1.165) is 6.07 Å². The Labute approximate surface area is 185 Å². The molecule has 166 valence electrons. The predicted molar refractivity (Wildman–Crippen MR) is 120 cm³/mol. The van der Waals surface area contributed by atoms with E-state index in [-0.39, 0.29) is 28.6 Å². The SMILES string of the molecule is Cc1ccc(S(=O)(=O)Nc2cccc(C(=O)N(C)CC(=O)Nc3ccccc3)c2)cc1F. The van der Waals surface area contributed by atoms with Gasteiger partial charge in [0, 0.05) is 24.0 Å². The van der Waals surface area contributed by atoms with Crippen molar-refractivity contribution in [1.29, 1.82) is 0 Å². The molecule has 0 saturated carbocycles. The lowest BCUT2D eigenvalue weighted by atomic mass is 10.2. The molecule has 3 rings (SSSR count). The Morgan fingerprint density at radius 3 is 2.31 bits per heavy atom. The average molecular weight is 456 g/mol. The van der Waals surface area contributed by atoms with Gasteiger partial charge in [0.05, 0.1) is 11.4 Å². The van der Waals surface area contributed by atoms with Crippen molar-refractivity contribution < 1.29 is 22.4 Å². The van der Waals surface area contributed by atoms with Crippen LogP contribution in [0.25, 0.3) is 0 Å². The summed E-state index contributed by atoms with van der Waals surface area (Å²) in [4.78, 5) is 25.9. The first-order valence-corrected chi connectivity index (χ1v) is 11.1. The van der Waals surface area contributed by atoms with Gasteiger partial charge in [0.2, 0.25) is 5.91 Å². The summed E-state index contributed by atoms with van der Waals surface area (Å²) in [5, 5.41) is 2.69. The number of hydrogen-bond donors (Lipinski definition) is 2. The standard InChI is InChI=1S/C23H22FN3O4S/c1-16-11-12-20(14-21(16)24)32(30,31)26-19-10-6-7-17(13-19)23(29)27(2)15-22(28)25-18-8-4-3-5-9-18/h3-14,26H,15H2,1-2H3,(H,25,28). The van der Waals surface area contributed by atoms with Gasteiger partial charge in [-0.25, -0.2) is 12.8 Å². The van der Waals surface area contributed by atoms with Gasteiger partial charge in [-0.15, -0.1) is 0 Å². The zero-order valence-corrected chi connectivity index (χ0v) is 18.3. The maximum absolute atomic E-state index is 13.8. The van der Waals surface area contributed by atoms with Crippen molar-refractivity contribution in [3.05, 3.63) is 89.7 Å². The Kier molecular flexibility index (Phi) is 6.89. The number of amides is 2. The minimum atomic E-state index is -4.05. The number of rotatable bonds is 7. The molecule has 0 heterocycles. The van der Waals surface area contributed by atoms with Gasteiger partial charge < -0.3 is 10.2 Å². The number of likely N-dealkylation sites (N-methyl/N-ethyl adjacent to an activating group) is 1. The van der Waals surface area contributed by atoms with Crippen LogP contribution in [0.4, 0.5) is 15.8 Å². The second kappa shape index (κ2) is 9.61.